The predicted molar refractivity (Wildman–Crippen MR) is 165 cm³/mol. The zero-order valence-corrected chi connectivity index (χ0v) is 26.1. The average molecular weight is 585 g/mol. The molecule has 3 aromatic rings. The Morgan fingerprint density at radius 3 is 2.63 bits per heavy atom. The van der Waals surface area contributed by atoms with Crippen LogP contribution in [0.25, 0.3) is 10.9 Å². The van der Waals surface area contributed by atoms with Crippen molar-refractivity contribution in [2.45, 2.75) is 84.1 Å². The average Bonchev–Trinajstić information content (AvgIpc) is 3.32. The quantitative estimate of drug-likeness (QED) is 0.277. The number of para-hydroxylation sites is 1. The molecular formula is C34H41BN2O6. The number of esters is 1. The molecule has 0 spiro atoms. The summed E-state index contributed by atoms with van der Waals surface area (Å²) < 4.78 is 24.9. The number of carbonyl (C=O) groups excluding carboxylic acids is 2. The highest BCUT2D eigenvalue weighted by Gasteiger charge is 2.68. The van der Waals surface area contributed by atoms with E-state index in [0.717, 1.165) is 29.3 Å². The predicted octanol–water partition coefficient (Wildman–Crippen LogP) is 5.81. The summed E-state index contributed by atoms with van der Waals surface area (Å²) in [5.41, 5.74) is 1.50. The largest absolute Gasteiger partial charge is 0.496 e. The fourth-order valence-electron chi connectivity index (χ4n) is 7.47. The number of fused-ring (bicyclic) bond motifs is 1. The van der Waals surface area contributed by atoms with Crippen molar-refractivity contribution in [2.24, 2.45) is 17.3 Å². The first-order valence-corrected chi connectivity index (χ1v) is 15.2. The minimum Gasteiger partial charge on any atom is -0.496 e. The summed E-state index contributed by atoms with van der Waals surface area (Å²) in [7, 11) is 0.864. The van der Waals surface area contributed by atoms with Gasteiger partial charge in [-0.15, -0.1) is 0 Å². The highest BCUT2D eigenvalue weighted by molar-refractivity contribution is 6.48. The van der Waals surface area contributed by atoms with Crippen LogP contribution in [-0.4, -0.2) is 54.3 Å². The summed E-state index contributed by atoms with van der Waals surface area (Å²) in [5.74, 6) is 0.131. The SMILES string of the molecule is COc1c(CC(NC(=O)c2ccc3ncccc3c2)B2OC3CC4CC(C4(C)C)C3(C)O2)cccc1C(=O)OC(C)(C)C. The van der Waals surface area contributed by atoms with Gasteiger partial charge < -0.3 is 24.1 Å². The van der Waals surface area contributed by atoms with Gasteiger partial charge in [0.05, 0.1) is 30.3 Å². The number of ether oxygens (including phenoxy) is 2. The highest BCUT2D eigenvalue weighted by atomic mass is 16.7. The molecule has 1 aromatic heterocycles. The van der Waals surface area contributed by atoms with Gasteiger partial charge in [-0.1, -0.05) is 32.0 Å². The first-order valence-electron chi connectivity index (χ1n) is 15.2. The maximum absolute atomic E-state index is 13.8. The van der Waals surface area contributed by atoms with Crippen LogP contribution in [0.3, 0.4) is 0 Å². The number of pyridine rings is 1. The van der Waals surface area contributed by atoms with Gasteiger partial charge in [-0.2, -0.15) is 0 Å². The lowest BCUT2D eigenvalue weighted by Crippen LogP contribution is -2.65. The van der Waals surface area contributed by atoms with E-state index in [9.17, 15) is 9.59 Å². The molecule has 5 atom stereocenters. The fraction of sp³-hybridized carbons (Fsp3) is 0.500. The summed E-state index contributed by atoms with van der Waals surface area (Å²) in [6.07, 6.45) is 4.08. The molecule has 1 amide bonds. The van der Waals surface area contributed by atoms with Crippen LogP contribution < -0.4 is 10.1 Å². The highest BCUT2D eigenvalue weighted by Crippen LogP contribution is 2.65. The Balaban J connectivity index is 1.32. The van der Waals surface area contributed by atoms with Crippen LogP contribution in [0, 0.1) is 17.3 Å². The summed E-state index contributed by atoms with van der Waals surface area (Å²) >= 11 is 0. The molecule has 7 rings (SSSR count). The number of methoxy groups -OCH3 is 1. The van der Waals surface area contributed by atoms with E-state index in [1.807, 2.05) is 51.1 Å². The maximum atomic E-state index is 13.8. The molecule has 3 aliphatic carbocycles. The molecule has 4 fully saturated rings. The van der Waals surface area contributed by atoms with Crippen LogP contribution in [0.15, 0.2) is 54.7 Å². The van der Waals surface area contributed by atoms with E-state index >= 15 is 0 Å². The van der Waals surface area contributed by atoms with Crippen molar-refractivity contribution in [3.8, 4) is 5.75 Å². The zero-order chi connectivity index (χ0) is 30.7. The smallest absolute Gasteiger partial charge is 0.482 e. The van der Waals surface area contributed by atoms with Crippen LogP contribution in [0.1, 0.15) is 80.7 Å². The van der Waals surface area contributed by atoms with Gasteiger partial charge in [0.15, 0.2) is 0 Å². The maximum Gasteiger partial charge on any atom is 0.482 e. The first kappa shape index (κ1) is 29.6. The standard InChI is InChI=1S/C34H41BN2O6/c1-32(2,3)41-31(39)24-12-8-10-21(29(24)40-7)17-28(37-30(38)22-13-14-25-20(16-22)11-9-15-36-25)35-42-27-19-23-18-26(33(23,4)5)34(27,6)43-35/h8-16,23,26-28H,17-19H2,1-7H3,(H,37,38). The Kier molecular flexibility index (Phi) is 7.33. The normalized spacial score (nSPS) is 26.3. The zero-order valence-electron chi connectivity index (χ0n) is 26.1. The fourth-order valence-corrected chi connectivity index (χ4v) is 7.47. The molecule has 9 heteroatoms. The number of rotatable bonds is 7. The number of hydrogen-bond donors (Lipinski definition) is 1. The summed E-state index contributed by atoms with van der Waals surface area (Å²) in [6.45, 7) is 12.3. The monoisotopic (exact) mass is 584 g/mol. The topological polar surface area (TPSA) is 96.0 Å². The molecule has 1 saturated heterocycles. The lowest BCUT2D eigenvalue weighted by atomic mass is 9.43. The minimum atomic E-state index is -0.675. The Morgan fingerprint density at radius 2 is 1.91 bits per heavy atom. The van der Waals surface area contributed by atoms with Gasteiger partial charge in [0.25, 0.3) is 5.91 Å². The van der Waals surface area contributed by atoms with Gasteiger partial charge >= 0.3 is 13.1 Å². The van der Waals surface area contributed by atoms with E-state index < -0.39 is 30.2 Å². The van der Waals surface area contributed by atoms with Crippen molar-refractivity contribution in [2.75, 3.05) is 7.11 Å². The Labute approximate surface area is 254 Å². The van der Waals surface area contributed by atoms with Gasteiger partial charge in [-0.3, -0.25) is 9.78 Å². The third-order valence-corrected chi connectivity index (χ3v) is 9.84. The second-order valence-electron chi connectivity index (χ2n) is 14.0. The third-order valence-electron chi connectivity index (χ3n) is 9.84. The number of nitrogens with zero attached hydrogens (tertiary/aromatic N) is 1. The molecule has 2 aromatic carbocycles. The van der Waals surface area contributed by atoms with Gasteiger partial charge in [0, 0.05) is 17.1 Å². The van der Waals surface area contributed by atoms with Crippen molar-refractivity contribution in [3.63, 3.8) is 0 Å². The van der Waals surface area contributed by atoms with Crippen molar-refractivity contribution < 1.29 is 28.4 Å². The Bertz CT molecular complexity index is 1570. The molecule has 43 heavy (non-hydrogen) atoms. The number of amides is 1. The van der Waals surface area contributed by atoms with Gasteiger partial charge in [0.1, 0.15) is 16.9 Å². The van der Waals surface area contributed by atoms with Crippen LogP contribution in [0.5, 0.6) is 5.75 Å². The summed E-state index contributed by atoms with van der Waals surface area (Å²) in [6, 6.07) is 14.7. The van der Waals surface area contributed by atoms with E-state index in [-0.39, 0.29) is 17.4 Å². The molecule has 226 valence electrons. The van der Waals surface area contributed by atoms with E-state index in [4.69, 9.17) is 18.8 Å². The van der Waals surface area contributed by atoms with Crippen molar-refractivity contribution in [3.05, 3.63) is 71.4 Å². The first-order chi connectivity index (χ1) is 20.3. The number of hydrogen-bond acceptors (Lipinski definition) is 7. The molecule has 1 aliphatic heterocycles. The molecule has 2 bridgehead atoms. The van der Waals surface area contributed by atoms with Gasteiger partial charge in [-0.25, -0.2) is 4.79 Å². The Morgan fingerprint density at radius 1 is 1.12 bits per heavy atom. The van der Waals surface area contributed by atoms with E-state index in [2.05, 4.69) is 31.1 Å². The van der Waals surface area contributed by atoms with Crippen LogP contribution in [-0.2, 0) is 20.5 Å². The number of carbonyl (C=O) groups is 2. The van der Waals surface area contributed by atoms with E-state index in [1.165, 1.54) is 7.11 Å². The molecule has 0 radical (unpaired) electrons. The summed E-state index contributed by atoms with van der Waals surface area (Å²) in [5, 5.41) is 4.10. The molecule has 2 heterocycles. The molecule has 4 aliphatic rings. The van der Waals surface area contributed by atoms with Crippen molar-refractivity contribution in [1.82, 2.24) is 10.3 Å². The van der Waals surface area contributed by atoms with E-state index in [1.54, 1.807) is 24.4 Å². The van der Waals surface area contributed by atoms with Gasteiger partial charge in [-0.05, 0) is 100 Å². The number of nitrogens with one attached hydrogen (secondary N) is 1. The van der Waals surface area contributed by atoms with Crippen molar-refractivity contribution >= 4 is 29.9 Å². The third kappa shape index (κ3) is 5.31. The van der Waals surface area contributed by atoms with E-state index in [0.29, 0.717) is 35.1 Å². The molecule has 3 saturated carbocycles. The second-order valence-corrected chi connectivity index (χ2v) is 14.0. The lowest BCUT2D eigenvalue weighted by Gasteiger charge is -2.64. The van der Waals surface area contributed by atoms with Crippen LogP contribution in [0.2, 0.25) is 0 Å². The number of benzene rings is 2. The number of aromatic nitrogens is 1. The molecule has 1 N–H and O–H groups in total. The minimum absolute atomic E-state index is 0.0459. The van der Waals surface area contributed by atoms with Gasteiger partial charge in [0.2, 0.25) is 0 Å². The molecule has 8 nitrogen and oxygen atoms in total. The van der Waals surface area contributed by atoms with Crippen molar-refractivity contribution in [1.29, 1.82) is 0 Å². The molecular weight excluding hydrogens is 543 g/mol. The molecule has 5 unspecified atom stereocenters. The Hall–Kier alpha value is -3.43. The van der Waals surface area contributed by atoms with Crippen LogP contribution >= 0.6 is 0 Å². The van der Waals surface area contributed by atoms with Crippen LogP contribution in [0.4, 0.5) is 0 Å². The summed E-state index contributed by atoms with van der Waals surface area (Å²) in [4.78, 5) is 31.2. The second kappa shape index (κ2) is 10.6. The lowest BCUT2D eigenvalue weighted by molar-refractivity contribution is -0.199.